The van der Waals surface area contributed by atoms with Crippen molar-refractivity contribution >= 4 is 5.97 Å². The highest BCUT2D eigenvalue weighted by atomic mass is 19.4. The van der Waals surface area contributed by atoms with E-state index in [0.29, 0.717) is 24.7 Å². The van der Waals surface area contributed by atoms with E-state index in [9.17, 15) is 18.0 Å². The van der Waals surface area contributed by atoms with Crippen molar-refractivity contribution < 1.29 is 32.5 Å². The molecule has 0 aliphatic heterocycles. The number of hydrogen-bond donors (Lipinski definition) is 1. The van der Waals surface area contributed by atoms with Crippen LogP contribution in [0.4, 0.5) is 13.2 Å². The third-order valence-electron chi connectivity index (χ3n) is 4.18. The maximum atomic E-state index is 12.5. The molecule has 0 saturated carbocycles. The van der Waals surface area contributed by atoms with Crippen molar-refractivity contribution in [3.05, 3.63) is 59.7 Å². The average molecular weight is 396 g/mol. The standard InChI is InChI=1S/C21H23F3O4/c1-14(13-28-19-9-5-17(6-10-19)21(22,23)24)12-27-18-7-3-16(4-8-18)15(2)11-20(25)26/h3-10,14-15H,11-13H2,1-2H3,(H,25,26). The summed E-state index contributed by atoms with van der Waals surface area (Å²) >= 11 is 0. The quantitative estimate of drug-likeness (QED) is 0.619. The third kappa shape index (κ3) is 6.79. The van der Waals surface area contributed by atoms with Crippen LogP contribution in [0.25, 0.3) is 0 Å². The Labute approximate surface area is 161 Å². The zero-order valence-corrected chi connectivity index (χ0v) is 15.7. The van der Waals surface area contributed by atoms with Crippen LogP contribution in [-0.4, -0.2) is 24.3 Å². The first kappa shape index (κ1) is 21.6. The van der Waals surface area contributed by atoms with Gasteiger partial charge in [-0.3, -0.25) is 4.79 Å². The van der Waals surface area contributed by atoms with E-state index >= 15 is 0 Å². The molecule has 0 aromatic heterocycles. The Morgan fingerprint density at radius 1 is 0.929 bits per heavy atom. The molecule has 7 heteroatoms. The largest absolute Gasteiger partial charge is 0.493 e. The molecular weight excluding hydrogens is 373 g/mol. The number of alkyl halides is 3. The minimum Gasteiger partial charge on any atom is -0.493 e. The van der Waals surface area contributed by atoms with Gasteiger partial charge in [0.2, 0.25) is 0 Å². The van der Waals surface area contributed by atoms with E-state index in [-0.39, 0.29) is 18.3 Å². The van der Waals surface area contributed by atoms with Gasteiger partial charge in [0.05, 0.1) is 25.2 Å². The molecule has 0 aliphatic rings. The number of aliphatic carboxylic acids is 1. The molecule has 0 amide bonds. The highest BCUT2D eigenvalue weighted by Crippen LogP contribution is 2.30. The van der Waals surface area contributed by atoms with Crippen LogP contribution in [0.2, 0.25) is 0 Å². The van der Waals surface area contributed by atoms with Crippen molar-refractivity contribution in [3.63, 3.8) is 0 Å². The molecule has 0 aliphatic carbocycles. The number of benzene rings is 2. The molecule has 152 valence electrons. The summed E-state index contributed by atoms with van der Waals surface area (Å²) < 4.78 is 48.8. The van der Waals surface area contributed by atoms with Gasteiger partial charge in [-0.2, -0.15) is 13.2 Å². The number of carbonyl (C=O) groups is 1. The van der Waals surface area contributed by atoms with Gasteiger partial charge in [-0.15, -0.1) is 0 Å². The lowest BCUT2D eigenvalue weighted by Gasteiger charge is -2.15. The van der Waals surface area contributed by atoms with E-state index in [1.807, 2.05) is 26.0 Å². The normalized spacial score (nSPS) is 13.6. The Bertz CT molecular complexity index is 755. The van der Waals surface area contributed by atoms with Crippen LogP contribution in [0.1, 0.15) is 37.3 Å². The maximum Gasteiger partial charge on any atom is 0.416 e. The van der Waals surface area contributed by atoms with E-state index in [1.165, 1.54) is 12.1 Å². The number of carboxylic acid groups (broad SMARTS) is 1. The van der Waals surface area contributed by atoms with E-state index in [1.54, 1.807) is 12.1 Å². The number of ether oxygens (including phenoxy) is 2. The molecule has 2 unspecified atom stereocenters. The Hall–Kier alpha value is -2.70. The molecule has 0 fully saturated rings. The molecular formula is C21H23F3O4. The predicted octanol–water partition coefficient (Wildman–Crippen LogP) is 5.38. The highest BCUT2D eigenvalue weighted by Gasteiger charge is 2.30. The average Bonchev–Trinajstić information content (AvgIpc) is 2.64. The van der Waals surface area contributed by atoms with E-state index in [4.69, 9.17) is 14.6 Å². The number of hydrogen-bond acceptors (Lipinski definition) is 3. The smallest absolute Gasteiger partial charge is 0.416 e. The molecule has 0 bridgehead atoms. The van der Waals surface area contributed by atoms with Gasteiger partial charge < -0.3 is 14.6 Å². The SMILES string of the molecule is CC(COc1ccc(C(C)CC(=O)O)cc1)COc1ccc(C(F)(F)F)cc1. The Morgan fingerprint density at radius 3 is 1.82 bits per heavy atom. The number of rotatable bonds is 9. The molecule has 2 aromatic rings. The maximum absolute atomic E-state index is 12.5. The van der Waals surface area contributed by atoms with Crippen molar-refractivity contribution in [2.75, 3.05) is 13.2 Å². The third-order valence-corrected chi connectivity index (χ3v) is 4.18. The zero-order chi connectivity index (χ0) is 20.7. The summed E-state index contributed by atoms with van der Waals surface area (Å²) in [5, 5.41) is 8.84. The van der Waals surface area contributed by atoms with Crippen molar-refractivity contribution in [3.8, 4) is 11.5 Å². The van der Waals surface area contributed by atoms with Crippen molar-refractivity contribution in [1.82, 2.24) is 0 Å². The van der Waals surface area contributed by atoms with Gasteiger partial charge in [-0.05, 0) is 47.9 Å². The first-order chi connectivity index (χ1) is 13.1. The minimum absolute atomic E-state index is 0.0212. The van der Waals surface area contributed by atoms with Gasteiger partial charge in [-0.1, -0.05) is 26.0 Å². The second kappa shape index (κ2) is 9.48. The zero-order valence-electron chi connectivity index (χ0n) is 15.7. The fourth-order valence-electron chi connectivity index (χ4n) is 2.54. The second-order valence-electron chi connectivity index (χ2n) is 6.82. The van der Waals surface area contributed by atoms with Gasteiger partial charge in [-0.25, -0.2) is 0 Å². The van der Waals surface area contributed by atoms with Gasteiger partial charge in [0, 0.05) is 5.92 Å². The summed E-state index contributed by atoms with van der Waals surface area (Å²) in [4.78, 5) is 10.8. The molecule has 0 radical (unpaired) electrons. The van der Waals surface area contributed by atoms with Gasteiger partial charge in [0.15, 0.2) is 0 Å². The molecule has 0 saturated heterocycles. The van der Waals surface area contributed by atoms with Gasteiger partial charge in [0.1, 0.15) is 11.5 Å². The highest BCUT2D eigenvalue weighted by molar-refractivity contribution is 5.67. The fourth-order valence-corrected chi connectivity index (χ4v) is 2.54. The van der Waals surface area contributed by atoms with Crippen LogP contribution in [-0.2, 0) is 11.0 Å². The lowest BCUT2D eigenvalue weighted by Crippen LogP contribution is -2.16. The number of halogens is 3. The Morgan fingerprint density at radius 2 is 1.39 bits per heavy atom. The lowest BCUT2D eigenvalue weighted by atomic mass is 9.98. The van der Waals surface area contributed by atoms with Crippen LogP contribution in [0, 0.1) is 5.92 Å². The van der Waals surface area contributed by atoms with Crippen LogP contribution in [0.15, 0.2) is 48.5 Å². The van der Waals surface area contributed by atoms with Gasteiger partial charge in [0.25, 0.3) is 0 Å². The van der Waals surface area contributed by atoms with Crippen LogP contribution < -0.4 is 9.47 Å². The van der Waals surface area contributed by atoms with Crippen molar-refractivity contribution in [1.29, 1.82) is 0 Å². The minimum atomic E-state index is -4.36. The van der Waals surface area contributed by atoms with Gasteiger partial charge >= 0.3 is 12.1 Å². The molecule has 2 rings (SSSR count). The summed E-state index contributed by atoms with van der Waals surface area (Å²) in [5.74, 6) is 0.134. The molecule has 2 atom stereocenters. The lowest BCUT2D eigenvalue weighted by molar-refractivity contribution is -0.138. The molecule has 0 spiro atoms. The molecule has 0 heterocycles. The predicted molar refractivity (Wildman–Crippen MR) is 98.7 cm³/mol. The first-order valence-electron chi connectivity index (χ1n) is 8.89. The summed E-state index contributed by atoms with van der Waals surface area (Å²) in [6.07, 6.45) is -4.29. The molecule has 1 N–H and O–H groups in total. The second-order valence-corrected chi connectivity index (χ2v) is 6.82. The number of carboxylic acids is 1. The molecule has 28 heavy (non-hydrogen) atoms. The van der Waals surface area contributed by atoms with Crippen LogP contribution >= 0.6 is 0 Å². The topological polar surface area (TPSA) is 55.8 Å². The Balaban J connectivity index is 1.77. The summed E-state index contributed by atoms with van der Waals surface area (Å²) in [6, 6.07) is 11.8. The monoisotopic (exact) mass is 396 g/mol. The van der Waals surface area contributed by atoms with Crippen LogP contribution in [0.3, 0.4) is 0 Å². The Kier molecular flexibility index (Phi) is 7.31. The summed E-state index contributed by atoms with van der Waals surface area (Å²) in [7, 11) is 0. The molecule has 4 nitrogen and oxygen atoms in total. The van der Waals surface area contributed by atoms with E-state index in [2.05, 4.69) is 0 Å². The van der Waals surface area contributed by atoms with Crippen molar-refractivity contribution in [2.45, 2.75) is 32.4 Å². The van der Waals surface area contributed by atoms with Crippen molar-refractivity contribution in [2.24, 2.45) is 5.92 Å². The summed E-state index contributed by atoms with van der Waals surface area (Å²) in [5.41, 5.74) is 0.214. The first-order valence-corrected chi connectivity index (χ1v) is 8.89. The van der Waals surface area contributed by atoms with E-state index < -0.39 is 17.7 Å². The fraction of sp³-hybridized carbons (Fsp3) is 0.381. The van der Waals surface area contributed by atoms with Crippen LogP contribution in [0.5, 0.6) is 11.5 Å². The summed E-state index contributed by atoms with van der Waals surface area (Å²) in [6.45, 7) is 4.45. The van der Waals surface area contributed by atoms with E-state index in [0.717, 1.165) is 17.7 Å². The molecule has 2 aromatic carbocycles.